The predicted molar refractivity (Wildman–Crippen MR) is 80.2 cm³/mol. The molecule has 0 unspecified atom stereocenters. The van der Waals surface area contributed by atoms with Crippen LogP contribution in [0.1, 0.15) is 32.8 Å². The molecule has 19 heavy (non-hydrogen) atoms. The molecule has 3 nitrogen and oxygen atoms in total. The molecule has 1 amide bonds. The van der Waals surface area contributed by atoms with E-state index in [2.05, 4.69) is 43.4 Å². The molecular formula is C16H26N2O. The van der Waals surface area contributed by atoms with Crippen molar-refractivity contribution in [2.24, 2.45) is 0 Å². The van der Waals surface area contributed by atoms with Gasteiger partial charge in [-0.25, -0.2) is 0 Å². The van der Waals surface area contributed by atoms with Gasteiger partial charge in [-0.15, -0.1) is 0 Å². The molecule has 0 saturated carbocycles. The second-order valence-corrected chi connectivity index (χ2v) is 5.63. The number of likely N-dealkylation sites (N-methyl/N-ethyl adjacent to an activating group) is 1. The van der Waals surface area contributed by atoms with Crippen LogP contribution < -0.4 is 5.32 Å². The molecule has 0 aliphatic carbocycles. The van der Waals surface area contributed by atoms with Gasteiger partial charge < -0.3 is 10.2 Å². The number of hydrogen-bond acceptors (Lipinski definition) is 2. The Morgan fingerprint density at radius 1 is 1.26 bits per heavy atom. The molecule has 0 heterocycles. The first-order valence-corrected chi connectivity index (χ1v) is 6.97. The van der Waals surface area contributed by atoms with Crippen molar-refractivity contribution in [2.45, 2.75) is 39.2 Å². The molecule has 1 aromatic carbocycles. The number of amides is 1. The van der Waals surface area contributed by atoms with Crippen molar-refractivity contribution >= 4 is 5.91 Å². The molecule has 0 aliphatic heterocycles. The minimum absolute atomic E-state index is 0.0277. The van der Waals surface area contributed by atoms with E-state index >= 15 is 0 Å². The second-order valence-electron chi connectivity index (χ2n) is 5.63. The number of rotatable bonds is 7. The number of nitrogens with one attached hydrogen (secondary N) is 1. The van der Waals surface area contributed by atoms with Crippen LogP contribution in [-0.4, -0.2) is 36.5 Å². The van der Waals surface area contributed by atoms with E-state index in [4.69, 9.17) is 0 Å². The molecule has 0 spiro atoms. The molecular weight excluding hydrogens is 236 g/mol. The van der Waals surface area contributed by atoms with Crippen LogP contribution >= 0.6 is 0 Å². The predicted octanol–water partition coefficient (Wildman–Crippen LogP) is 2.47. The third-order valence-corrected chi connectivity index (χ3v) is 3.50. The van der Waals surface area contributed by atoms with Gasteiger partial charge in [0.1, 0.15) is 0 Å². The zero-order valence-corrected chi connectivity index (χ0v) is 12.6. The van der Waals surface area contributed by atoms with Crippen LogP contribution in [0.3, 0.4) is 0 Å². The fraction of sp³-hybridized carbons (Fsp3) is 0.562. The lowest BCUT2D eigenvalue weighted by atomic mass is 9.95. The van der Waals surface area contributed by atoms with E-state index in [0.717, 1.165) is 19.4 Å². The molecule has 106 valence electrons. The van der Waals surface area contributed by atoms with Crippen LogP contribution in [0, 0.1) is 0 Å². The van der Waals surface area contributed by atoms with E-state index in [0.29, 0.717) is 6.54 Å². The van der Waals surface area contributed by atoms with Crippen molar-refractivity contribution in [1.29, 1.82) is 0 Å². The number of carbonyl (C=O) groups is 1. The molecule has 1 rings (SSSR count). The summed E-state index contributed by atoms with van der Waals surface area (Å²) in [4.78, 5) is 13.5. The summed E-state index contributed by atoms with van der Waals surface area (Å²) in [5, 5.41) is 3.35. The van der Waals surface area contributed by atoms with E-state index in [1.54, 1.807) is 4.90 Å². The normalized spacial score (nSPS) is 11.4. The maximum Gasteiger partial charge on any atom is 0.236 e. The average molecular weight is 262 g/mol. The lowest BCUT2D eigenvalue weighted by Gasteiger charge is -2.27. The smallest absolute Gasteiger partial charge is 0.236 e. The minimum atomic E-state index is -0.0277. The van der Waals surface area contributed by atoms with Crippen molar-refractivity contribution in [3.8, 4) is 0 Å². The molecule has 1 N–H and O–H groups in total. The molecule has 0 atom stereocenters. The third-order valence-electron chi connectivity index (χ3n) is 3.50. The highest BCUT2D eigenvalue weighted by atomic mass is 16.2. The molecule has 0 fully saturated rings. The van der Waals surface area contributed by atoms with E-state index in [-0.39, 0.29) is 11.4 Å². The average Bonchev–Trinajstić information content (AvgIpc) is 2.43. The van der Waals surface area contributed by atoms with Crippen molar-refractivity contribution in [3.63, 3.8) is 0 Å². The van der Waals surface area contributed by atoms with Crippen molar-refractivity contribution < 1.29 is 4.79 Å². The Hall–Kier alpha value is -1.35. The Morgan fingerprint density at radius 2 is 1.89 bits per heavy atom. The van der Waals surface area contributed by atoms with Gasteiger partial charge in [-0.1, -0.05) is 30.3 Å². The van der Waals surface area contributed by atoms with Crippen LogP contribution in [0.25, 0.3) is 0 Å². The van der Waals surface area contributed by atoms with Crippen LogP contribution in [-0.2, 0) is 11.2 Å². The first kappa shape index (κ1) is 15.7. The molecule has 0 aliphatic rings. The lowest BCUT2D eigenvalue weighted by Crippen LogP contribution is -2.45. The topological polar surface area (TPSA) is 32.3 Å². The summed E-state index contributed by atoms with van der Waals surface area (Å²) in [5.74, 6) is 0.148. The molecule has 3 heteroatoms. The summed E-state index contributed by atoms with van der Waals surface area (Å²) < 4.78 is 0. The van der Waals surface area contributed by atoms with Gasteiger partial charge in [0.15, 0.2) is 0 Å². The maximum atomic E-state index is 11.8. The standard InChI is InChI=1S/C16H26N2O/c1-5-18(4)15(19)13-17-16(2,3)12-11-14-9-7-6-8-10-14/h6-10,17H,5,11-13H2,1-4H3. The Balaban J connectivity index is 2.37. The Morgan fingerprint density at radius 3 is 2.47 bits per heavy atom. The Labute approximate surface area is 117 Å². The number of hydrogen-bond donors (Lipinski definition) is 1. The van der Waals surface area contributed by atoms with Gasteiger partial charge in [-0.05, 0) is 39.2 Å². The summed E-state index contributed by atoms with van der Waals surface area (Å²) >= 11 is 0. The largest absolute Gasteiger partial charge is 0.345 e. The van der Waals surface area contributed by atoms with E-state index in [1.807, 2.05) is 20.0 Å². The lowest BCUT2D eigenvalue weighted by molar-refractivity contribution is -0.129. The molecule has 0 radical (unpaired) electrons. The van der Waals surface area contributed by atoms with Crippen LogP contribution in [0.5, 0.6) is 0 Å². The fourth-order valence-corrected chi connectivity index (χ4v) is 1.82. The monoisotopic (exact) mass is 262 g/mol. The molecule has 0 saturated heterocycles. The number of benzene rings is 1. The highest BCUT2D eigenvalue weighted by Gasteiger charge is 2.18. The second kappa shape index (κ2) is 7.29. The van der Waals surface area contributed by atoms with Gasteiger partial charge in [-0.2, -0.15) is 0 Å². The highest BCUT2D eigenvalue weighted by Crippen LogP contribution is 2.13. The zero-order chi connectivity index (χ0) is 14.3. The first-order valence-electron chi connectivity index (χ1n) is 6.97. The zero-order valence-electron chi connectivity index (χ0n) is 12.6. The van der Waals surface area contributed by atoms with Crippen molar-refractivity contribution in [1.82, 2.24) is 10.2 Å². The fourth-order valence-electron chi connectivity index (χ4n) is 1.82. The number of nitrogens with zero attached hydrogens (tertiary/aromatic N) is 1. The molecule has 0 aromatic heterocycles. The van der Waals surface area contributed by atoms with Gasteiger partial charge in [-0.3, -0.25) is 4.79 Å². The summed E-state index contributed by atoms with van der Waals surface area (Å²) in [6, 6.07) is 10.5. The van der Waals surface area contributed by atoms with Gasteiger partial charge in [0, 0.05) is 19.1 Å². The Kier molecular flexibility index (Phi) is 6.03. The summed E-state index contributed by atoms with van der Waals surface area (Å²) in [6.07, 6.45) is 2.04. The third kappa shape index (κ3) is 5.88. The van der Waals surface area contributed by atoms with E-state index in [1.165, 1.54) is 5.56 Å². The summed E-state index contributed by atoms with van der Waals surface area (Å²) in [5.41, 5.74) is 1.31. The van der Waals surface area contributed by atoms with Crippen LogP contribution in [0.4, 0.5) is 0 Å². The number of carbonyl (C=O) groups excluding carboxylic acids is 1. The van der Waals surface area contributed by atoms with Gasteiger partial charge in [0.2, 0.25) is 5.91 Å². The number of aryl methyl sites for hydroxylation is 1. The SMILES string of the molecule is CCN(C)C(=O)CNC(C)(C)CCc1ccccc1. The van der Waals surface area contributed by atoms with Gasteiger partial charge in [0.05, 0.1) is 6.54 Å². The summed E-state index contributed by atoms with van der Waals surface area (Å²) in [6.45, 7) is 7.44. The van der Waals surface area contributed by atoms with Crippen LogP contribution in [0.2, 0.25) is 0 Å². The van der Waals surface area contributed by atoms with Crippen LogP contribution in [0.15, 0.2) is 30.3 Å². The highest BCUT2D eigenvalue weighted by molar-refractivity contribution is 5.77. The maximum absolute atomic E-state index is 11.8. The van der Waals surface area contributed by atoms with E-state index in [9.17, 15) is 4.79 Å². The van der Waals surface area contributed by atoms with Gasteiger partial charge >= 0.3 is 0 Å². The van der Waals surface area contributed by atoms with Crippen molar-refractivity contribution in [3.05, 3.63) is 35.9 Å². The first-order chi connectivity index (χ1) is 8.94. The minimum Gasteiger partial charge on any atom is -0.345 e. The molecule has 0 bridgehead atoms. The Bertz CT molecular complexity index is 387. The van der Waals surface area contributed by atoms with Gasteiger partial charge in [0.25, 0.3) is 0 Å². The molecule has 1 aromatic rings. The quantitative estimate of drug-likeness (QED) is 0.818. The summed E-state index contributed by atoms with van der Waals surface area (Å²) in [7, 11) is 1.83. The van der Waals surface area contributed by atoms with Crippen molar-refractivity contribution in [2.75, 3.05) is 20.1 Å². The van der Waals surface area contributed by atoms with E-state index < -0.39 is 0 Å².